The molecule has 0 aromatic carbocycles. The summed E-state index contributed by atoms with van der Waals surface area (Å²) in [6.07, 6.45) is 0. The number of halogens is 1. The highest BCUT2D eigenvalue weighted by Crippen LogP contribution is 2.20. The first-order valence-corrected chi connectivity index (χ1v) is 5.46. The Bertz CT molecular complexity index is 383. The Hall–Kier alpha value is -1.02. The van der Waals surface area contributed by atoms with Gasteiger partial charge in [0.05, 0.1) is 6.54 Å². The van der Waals surface area contributed by atoms with Crippen molar-refractivity contribution in [1.29, 1.82) is 0 Å². The quantitative estimate of drug-likeness (QED) is 0.883. The van der Waals surface area contributed by atoms with E-state index in [1.165, 1.54) is 11.3 Å². The van der Waals surface area contributed by atoms with E-state index >= 15 is 0 Å². The van der Waals surface area contributed by atoms with Crippen LogP contribution in [0.2, 0.25) is 0 Å². The maximum atomic E-state index is 4.15. The molecule has 6 nitrogen and oxygen atoms in total. The van der Waals surface area contributed by atoms with Crippen molar-refractivity contribution in [3.8, 4) is 0 Å². The molecule has 2 rings (SSSR count). The van der Waals surface area contributed by atoms with Crippen LogP contribution in [-0.2, 0) is 6.54 Å². The molecular weight excluding hydrogens is 268 g/mol. The van der Waals surface area contributed by atoms with Crippen LogP contribution in [-0.4, -0.2) is 25.4 Å². The molecule has 8 heteroatoms. The average Bonchev–Trinajstić information content (AvgIpc) is 2.72. The number of hydrogen-bond donors (Lipinski definition) is 2. The van der Waals surface area contributed by atoms with Gasteiger partial charge in [-0.25, -0.2) is 4.98 Å². The molecule has 0 fully saturated rings. The molecule has 0 aliphatic carbocycles. The van der Waals surface area contributed by atoms with E-state index in [2.05, 4.69) is 46.6 Å². The Morgan fingerprint density at radius 2 is 2.36 bits per heavy atom. The molecule has 74 valence electrons. The van der Waals surface area contributed by atoms with Crippen molar-refractivity contribution in [3.63, 3.8) is 0 Å². The van der Waals surface area contributed by atoms with Gasteiger partial charge in [-0.05, 0) is 22.9 Å². The predicted octanol–water partition coefficient (Wildman–Crippen LogP) is 1.34. The van der Waals surface area contributed by atoms with E-state index in [0.29, 0.717) is 12.4 Å². The highest BCUT2D eigenvalue weighted by Gasteiger charge is 2.03. The van der Waals surface area contributed by atoms with Crippen LogP contribution < -0.4 is 5.32 Å². The summed E-state index contributed by atoms with van der Waals surface area (Å²) >= 11 is 4.66. The van der Waals surface area contributed by atoms with E-state index in [4.69, 9.17) is 0 Å². The first-order valence-electron chi connectivity index (χ1n) is 3.85. The van der Waals surface area contributed by atoms with E-state index in [1.807, 2.05) is 6.92 Å². The number of nitrogens with one attached hydrogen (secondary N) is 2. The topological polar surface area (TPSA) is 79.4 Å². The number of aromatic nitrogens is 5. The molecule has 0 saturated carbocycles. The SMILES string of the molecule is Cc1nc(CNc2nnc(Br)s2)n[nH]1. The zero-order valence-corrected chi connectivity index (χ0v) is 9.68. The van der Waals surface area contributed by atoms with Crippen molar-refractivity contribution in [3.05, 3.63) is 15.6 Å². The lowest BCUT2D eigenvalue weighted by atomic mass is 10.6. The van der Waals surface area contributed by atoms with Gasteiger partial charge >= 0.3 is 0 Å². The van der Waals surface area contributed by atoms with Gasteiger partial charge in [-0.1, -0.05) is 11.3 Å². The van der Waals surface area contributed by atoms with Gasteiger partial charge in [0.2, 0.25) is 5.13 Å². The number of nitrogens with zero attached hydrogens (tertiary/aromatic N) is 4. The van der Waals surface area contributed by atoms with Crippen molar-refractivity contribution in [1.82, 2.24) is 25.4 Å². The predicted molar refractivity (Wildman–Crippen MR) is 56.1 cm³/mol. The molecule has 0 spiro atoms. The van der Waals surface area contributed by atoms with Gasteiger partial charge in [-0.2, -0.15) is 5.10 Å². The number of aromatic amines is 1. The molecule has 0 bridgehead atoms. The molecule has 0 radical (unpaired) electrons. The lowest BCUT2D eigenvalue weighted by molar-refractivity contribution is 0.942. The molecule has 0 aliphatic heterocycles. The molecule has 0 saturated heterocycles. The monoisotopic (exact) mass is 274 g/mol. The Kier molecular flexibility index (Phi) is 2.73. The van der Waals surface area contributed by atoms with E-state index in [0.717, 1.165) is 14.9 Å². The van der Waals surface area contributed by atoms with Crippen LogP contribution in [0.25, 0.3) is 0 Å². The first-order chi connectivity index (χ1) is 6.74. The maximum absolute atomic E-state index is 4.15. The van der Waals surface area contributed by atoms with E-state index in [9.17, 15) is 0 Å². The van der Waals surface area contributed by atoms with Gasteiger partial charge < -0.3 is 5.32 Å². The molecular formula is C6H7BrN6S. The molecule has 0 unspecified atom stereocenters. The summed E-state index contributed by atoms with van der Waals surface area (Å²) in [6, 6.07) is 0. The summed E-state index contributed by atoms with van der Waals surface area (Å²) in [6.45, 7) is 2.41. The van der Waals surface area contributed by atoms with E-state index in [-0.39, 0.29) is 0 Å². The van der Waals surface area contributed by atoms with Crippen molar-refractivity contribution < 1.29 is 0 Å². The van der Waals surface area contributed by atoms with Crippen LogP contribution in [0, 0.1) is 6.92 Å². The number of aryl methyl sites for hydroxylation is 1. The number of rotatable bonds is 3. The van der Waals surface area contributed by atoms with Crippen LogP contribution in [0.5, 0.6) is 0 Å². The minimum Gasteiger partial charge on any atom is -0.353 e. The Morgan fingerprint density at radius 1 is 1.50 bits per heavy atom. The fourth-order valence-corrected chi connectivity index (χ4v) is 1.91. The van der Waals surface area contributed by atoms with Gasteiger partial charge in [-0.15, -0.1) is 10.2 Å². The van der Waals surface area contributed by atoms with Gasteiger partial charge in [0.1, 0.15) is 5.82 Å². The van der Waals surface area contributed by atoms with Gasteiger partial charge in [-0.3, -0.25) is 5.10 Å². The van der Waals surface area contributed by atoms with E-state index < -0.39 is 0 Å². The summed E-state index contributed by atoms with van der Waals surface area (Å²) in [5.41, 5.74) is 0. The van der Waals surface area contributed by atoms with Crippen molar-refractivity contribution in [2.24, 2.45) is 0 Å². The van der Waals surface area contributed by atoms with Gasteiger partial charge in [0, 0.05) is 0 Å². The maximum Gasteiger partial charge on any atom is 0.206 e. The molecule has 0 aliphatic rings. The molecule has 2 heterocycles. The third-order valence-electron chi connectivity index (χ3n) is 1.44. The molecule has 0 atom stereocenters. The minimum absolute atomic E-state index is 0.548. The Labute approximate surface area is 92.3 Å². The standard InChI is InChI=1S/C6H7BrN6S/c1-3-9-4(11-10-3)2-8-6-13-12-5(7)14-6/h2H2,1H3,(H,8,13)(H,9,10,11). The average molecular weight is 275 g/mol. The zero-order valence-electron chi connectivity index (χ0n) is 7.28. The minimum atomic E-state index is 0.548. The number of hydrogen-bond acceptors (Lipinski definition) is 6. The smallest absolute Gasteiger partial charge is 0.206 e. The summed E-state index contributed by atoms with van der Waals surface area (Å²) < 4.78 is 0.756. The van der Waals surface area contributed by atoms with Gasteiger partial charge in [0.15, 0.2) is 9.74 Å². The Morgan fingerprint density at radius 3 is 2.93 bits per heavy atom. The Balaban J connectivity index is 1.94. The van der Waals surface area contributed by atoms with E-state index in [1.54, 1.807) is 0 Å². The fraction of sp³-hybridized carbons (Fsp3) is 0.333. The highest BCUT2D eigenvalue weighted by molar-refractivity contribution is 9.11. The first kappa shape index (κ1) is 9.53. The second kappa shape index (κ2) is 4.01. The summed E-state index contributed by atoms with van der Waals surface area (Å²) in [5.74, 6) is 1.52. The van der Waals surface area contributed by atoms with Crippen LogP contribution >= 0.6 is 27.3 Å². The second-order valence-corrected chi connectivity index (χ2v) is 4.80. The largest absolute Gasteiger partial charge is 0.353 e. The van der Waals surface area contributed by atoms with Crippen LogP contribution in [0.4, 0.5) is 5.13 Å². The van der Waals surface area contributed by atoms with Crippen LogP contribution in [0.15, 0.2) is 3.92 Å². The number of H-pyrrole nitrogens is 1. The van der Waals surface area contributed by atoms with Crippen LogP contribution in [0.3, 0.4) is 0 Å². The summed E-state index contributed by atoms with van der Waals surface area (Å²) in [4.78, 5) is 4.15. The normalized spacial score (nSPS) is 10.4. The summed E-state index contributed by atoms with van der Waals surface area (Å²) in [7, 11) is 0. The third kappa shape index (κ3) is 2.26. The molecule has 2 N–H and O–H groups in total. The molecule has 14 heavy (non-hydrogen) atoms. The molecule has 2 aromatic heterocycles. The van der Waals surface area contributed by atoms with Crippen molar-refractivity contribution in [2.45, 2.75) is 13.5 Å². The second-order valence-electron chi connectivity index (χ2n) is 2.55. The third-order valence-corrected chi connectivity index (χ3v) is 2.76. The lowest BCUT2D eigenvalue weighted by Gasteiger charge is -1.94. The fourth-order valence-electron chi connectivity index (χ4n) is 0.900. The zero-order chi connectivity index (χ0) is 9.97. The highest BCUT2D eigenvalue weighted by atomic mass is 79.9. The lowest BCUT2D eigenvalue weighted by Crippen LogP contribution is -2.00. The van der Waals surface area contributed by atoms with Crippen molar-refractivity contribution in [2.75, 3.05) is 5.32 Å². The van der Waals surface area contributed by atoms with Gasteiger partial charge in [0.25, 0.3) is 0 Å². The summed E-state index contributed by atoms with van der Waals surface area (Å²) in [5, 5.41) is 18.3. The molecule has 0 amide bonds. The number of anilines is 1. The molecule has 2 aromatic rings. The van der Waals surface area contributed by atoms with Crippen molar-refractivity contribution >= 4 is 32.4 Å². The van der Waals surface area contributed by atoms with Crippen LogP contribution in [0.1, 0.15) is 11.6 Å².